The smallest absolute Gasteiger partial charge is 0.277 e. The van der Waals surface area contributed by atoms with Crippen LogP contribution < -0.4 is 14.9 Å². The minimum atomic E-state index is -1.60. The Morgan fingerprint density at radius 3 is 2.74 bits per heavy atom. The monoisotopic (exact) mass is 426 g/mol. The molecule has 3 heterocycles. The molecule has 2 aromatic carbocycles. The minimum absolute atomic E-state index is 0.0136. The van der Waals surface area contributed by atoms with Crippen LogP contribution in [-0.4, -0.2) is 34.3 Å². The van der Waals surface area contributed by atoms with Gasteiger partial charge in [-0.1, -0.05) is 6.07 Å². The SMILES string of the molecule is COc1c2c(cc3oc4c(CCC(C)(C)O)ccc(O)c4c(=O)c13)OC1OC=C[C@@]21O. The maximum absolute atomic E-state index is 13.5. The number of aromatic hydroxyl groups is 1. The number of rotatable bonds is 4. The van der Waals surface area contributed by atoms with E-state index >= 15 is 0 Å². The van der Waals surface area contributed by atoms with Crippen LogP contribution >= 0.6 is 0 Å². The summed E-state index contributed by atoms with van der Waals surface area (Å²) in [5.41, 5.74) is -1.63. The lowest BCUT2D eigenvalue weighted by molar-refractivity contribution is -0.110. The fraction of sp³-hybridized carbons (Fsp3) is 0.348. The predicted molar refractivity (Wildman–Crippen MR) is 111 cm³/mol. The van der Waals surface area contributed by atoms with Crippen molar-refractivity contribution in [2.45, 2.75) is 44.2 Å². The van der Waals surface area contributed by atoms with Crippen LogP contribution in [0.2, 0.25) is 0 Å². The summed E-state index contributed by atoms with van der Waals surface area (Å²) in [6.07, 6.45) is 2.65. The second kappa shape index (κ2) is 6.38. The number of methoxy groups -OCH3 is 1. The van der Waals surface area contributed by atoms with Gasteiger partial charge in [-0.05, 0) is 44.4 Å². The molecule has 2 aliphatic heterocycles. The quantitative estimate of drug-likeness (QED) is 0.545. The molecule has 2 atom stereocenters. The molecule has 5 rings (SSSR count). The van der Waals surface area contributed by atoms with E-state index in [0.717, 1.165) is 0 Å². The molecule has 0 bridgehead atoms. The number of aryl methyl sites for hydroxylation is 1. The molecule has 2 aliphatic rings. The Labute approximate surface area is 176 Å². The molecule has 8 nitrogen and oxygen atoms in total. The third-order valence-electron chi connectivity index (χ3n) is 5.82. The maximum Gasteiger partial charge on any atom is 0.277 e. The van der Waals surface area contributed by atoms with Crippen molar-refractivity contribution < 1.29 is 33.9 Å². The van der Waals surface area contributed by atoms with Crippen molar-refractivity contribution in [1.29, 1.82) is 0 Å². The van der Waals surface area contributed by atoms with Crippen LogP contribution in [0.5, 0.6) is 17.2 Å². The highest BCUT2D eigenvalue weighted by molar-refractivity contribution is 5.98. The van der Waals surface area contributed by atoms with E-state index in [9.17, 15) is 20.1 Å². The summed E-state index contributed by atoms with van der Waals surface area (Å²) in [5, 5.41) is 31.7. The number of phenolic OH excluding ortho intramolecular Hbond substituents is 1. The number of phenols is 1. The van der Waals surface area contributed by atoms with E-state index in [4.69, 9.17) is 18.6 Å². The molecule has 0 saturated carbocycles. The highest BCUT2D eigenvalue weighted by Crippen LogP contribution is 2.52. The molecule has 0 aliphatic carbocycles. The van der Waals surface area contributed by atoms with Crippen molar-refractivity contribution in [1.82, 2.24) is 0 Å². The molecule has 0 spiro atoms. The highest BCUT2D eigenvalue weighted by Gasteiger charge is 2.53. The van der Waals surface area contributed by atoms with Gasteiger partial charge < -0.3 is 33.9 Å². The van der Waals surface area contributed by atoms with Crippen molar-refractivity contribution >= 4 is 21.9 Å². The fourth-order valence-electron chi connectivity index (χ4n) is 4.24. The summed E-state index contributed by atoms with van der Waals surface area (Å²) in [6, 6.07) is 4.63. The maximum atomic E-state index is 13.5. The fourth-order valence-corrected chi connectivity index (χ4v) is 4.24. The van der Waals surface area contributed by atoms with Gasteiger partial charge in [0.1, 0.15) is 39.2 Å². The molecule has 8 heteroatoms. The number of ether oxygens (including phenoxy) is 3. The van der Waals surface area contributed by atoms with Crippen LogP contribution in [0.15, 0.2) is 39.7 Å². The van der Waals surface area contributed by atoms with Crippen LogP contribution in [0.4, 0.5) is 0 Å². The van der Waals surface area contributed by atoms with E-state index in [0.29, 0.717) is 18.4 Å². The van der Waals surface area contributed by atoms with Crippen LogP contribution in [0.1, 0.15) is 31.4 Å². The van der Waals surface area contributed by atoms with Crippen LogP contribution in [-0.2, 0) is 16.8 Å². The van der Waals surface area contributed by atoms with Gasteiger partial charge in [0, 0.05) is 6.07 Å². The molecule has 3 N–H and O–H groups in total. The molecule has 0 amide bonds. The summed E-state index contributed by atoms with van der Waals surface area (Å²) < 4.78 is 22.7. The van der Waals surface area contributed by atoms with Crippen molar-refractivity contribution in [2.75, 3.05) is 7.11 Å². The lowest BCUT2D eigenvalue weighted by Gasteiger charge is -2.20. The summed E-state index contributed by atoms with van der Waals surface area (Å²) in [4.78, 5) is 13.5. The number of aliphatic hydroxyl groups is 2. The summed E-state index contributed by atoms with van der Waals surface area (Å²) >= 11 is 0. The van der Waals surface area contributed by atoms with Crippen LogP contribution in [0.25, 0.3) is 21.9 Å². The van der Waals surface area contributed by atoms with Gasteiger partial charge in [0.05, 0.1) is 24.5 Å². The third kappa shape index (κ3) is 2.79. The third-order valence-corrected chi connectivity index (χ3v) is 5.82. The first-order valence-electron chi connectivity index (χ1n) is 9.91. The van der Waals surface area contributed by atoms with Gasteiger partial charge in [-0.15, -0.1) is 0 Å². The lowest BCUT2D eigenvalue weighted by Crippen LogP contribution is -2.33. The Morgan fingerprint density at radius 2 is 2.03 bits per heavy atom. The Balaban J connectivity index is 1.82. The van der Waals surface area contributed by atoms with E-state index < -0.39 is 22.9 Å². The first kappa shape index (κ1) is 19.7. The minimum Gasteiger partial charge on any atom is -0.507 e. The van der Waals surface area contributed by atoms with Gasteiger partial charge in [0.25, 0.3) is 6.29 Å². The zero-order chi connectivity index (χ0) is 22.1. The molecule has 162 valence electrons. The van der Waals surface area contributed by atoms with Gasteiger partial charge in [-0.2, -0.15) is 0 Å². The number of benzene rings is 2. The molecule has 0 radical (unpaired) electrons. The van der Waals surface area contributed by atoms with Gasteiger partial charge in [-0.25, -0.2) is 0 Å². The van der Waals surface area contributed by atoms with E-state index in [1.807, 2.05) is 0 Å². The number of hydrogen-bond donors (Lipinski definition) is 3. The first-order valence-corrected chi connectivity index (χ1v) is 9.91. The second-order valence-electron chi connectivity index (χ2n) is 8.56. The van der Waals surface area contributed by atoms with Crippen LogP contribution in [0.3, 0.4) is 0 Å². The summed E-state index contributed by atoms with van der Waals surface area (Å²) in [7, 11) is 1.38. The van der Waals surface area contributed by atoms with Crippen molar-refractivity contribution in [3.8, 4) is 17.2 Å². The summed E-state index contributed by atoms with van der Waals surface area (Å²) in [6.45, 7) is 3.40. The van der Waals surface area contributed by atoms with Crippen molar-refractivity contribution in [3.05, 3.63) is 51.9 Å². The highest BCUT2D eigenvalue weighted by atomic mass is 16.7. The second-order valence-corrected chi connectivity index (χ2v) is 8.56. The molecule has 0 fully saturated rings. The molecule has 31 heavy (non-hydrogen) atoms. The average Bonchev–Trinajstić information content (AvgIpc) is 3.18. The van der Waals surface area contributed by atoms with E-state index in [2.05, 4.69) is 0 Å². The molecule has 1 unspecified atom stereocenters. The molecule has 3 aromatic rings. The number of hydrogen-bond acceptors (Lipinski definition) is 8. The Hall–Kier alpha value is -3.23. The zero-order valence-electron chi connectivity index (χ0n) is 17.3. The Morgan fingerprint density at radius 1 is 1.26 bits per heavy atom. The average molecular weight is 426 g/mol. The van der Waals surface area contributed by atoms with Gasteiger partial charge in [-0.3, -0.25) is 4.79 Å². The normalized spacial score (nSPS) is 21.8. The van der Waals surface area contributed by atoms with Crippen molar-refractivity contribution in [3.63, 3.8) is 0 Å². The van der Waals surface area contributed by atoms with Gasteiger partial charge >= 0.3 is 0 Å². The van der Waals surface area contributed by atoms with Crippen molar-refractivity contribution in [2.24, 2.45) is 0 Å². The Kier molecular flexibility index (Phi) is 4.06. The first-order chi connectivity index (χ1) is 14.6. The topological polar surface area (TPSA) is 119 Å². The standard InChI is InChI=1S/C23H22O8/c1-22(2,26)7-6-11-4-5-12(24)15-18(25)16-13(30-19(11)15)10-14-17(20(16)28-3)23(27)8-9-29-21(23)31-14/h4-5,8-10,21,24,26-27H,6-7H2,1-3H3/t21?,23-/m1/s1. The molecular formula is C23H22O8. The molecular weight excluding hydrogens is 404 g/mol. The molecule has 0 saturated heterocycles. The van der Waals surface area contributed by atoms with Gasteiger partial charge in [0.2, 0.25) is 5.43 Å². The zero-order valence-corrected chi connectivity index (χ0v) is 17.3. The van der Waals surface area contributed by atoms with Gasteiger partial charge in [0.15, 0.2) is 5.60 Å². The lowest BCUT2D eigenvalue weighted by atomic mass is 9.92. The van der Waals surface area contributed by atoms with E-state index in [1.54, 1.807) is 19.9 Å². The van der Waals surface area contributed by atoms with E-state index in [-0.39, 0.29) is 44.8 Å². The molecule has 1 aromatic heterocycles. The van der Waals surface area contributed by atoms with Crippen LogP contribution in [0, 0.1) is 0 Å². The van der Waals surface area contributed by atoms with E-state index in [1.165, 1.54) is 31.6 Å². The number of fused-ring (bicyclic) bond motifs is 5. The predicted octanol–water partition coefficient (Wildman–Crippen LogP) is 2.81. The summed E-state index contributed by atoms with van der Waals surface area (Å²) in [5.74, 6) is 0.156. The largest absolute Gasteiger partial charge is 0.507 e. The Bertz CT molecular complexity index is 1310.